The summed E-state index contributed by atoms with van der Waals surface area (Å²) >= 11 is 0. The van der Waals surface area contributed by atoms with Crippen molar-refractivity contribution in [2.45, 2.75) is 70.9 Å². The number of nitrogens with one attached hydrogen (secondary N) is 2. The molecule has 1 aliphatic carbocycles. The van der Waals surface area contributed by atoms with Crippen molar-refractivity contribution in [2.75, 3.05) is 25.0 Å². The van der Waals surface area contributed by atoms with Crippen LogP contribution in [-0.4, -0.2) is 94.3 Å². The second kappa shape index (κ2) is 11.5. The van der Waals surface area contributed by atoms with Crippen LogP contribution in [0.5, 0.6) is 5.88 Å². The highest BCUT2D eigenvalue weighted by atomic mass is 16.6. The quantitative estimate of drug-likeness (QED) is 0.318. The van der Waals surface area contributed by atoms with Gasteiger partial charge in [-0.1, -0.05) is 24.3 Å². The number of hydrogen-bond acceptors (Lipinski definition) is 10. The first-order valence-corrected chi connectivity index (χ1v) is 15.2. The van der Waals surface area contributed by atoms with E-state index in [2.05, 4.69) is 60.1 Å². The van der Waals surface area contributed by atoms with E-state index >= 15 is 0 Å². The monoisotopic (exact) mass is 612 g/mol. The molecule has 234 valence electrons. The third-order valence-electron chi connectivity index (χ3n) is 8.17. The summed E-state index contributed by atoms with van der Waals surface area (Å²) in [4.78, 5) is 38.2. The molecular formula is C31H36N10O4. The Balaban J connectivity index is 1.05. The molecule has 0 spiro atoms. The van der Waals surface area contributed by atoms with Gasteiger partial charge in [0.2, 0.25) is 17.7 Å². The molecule has 0 saturated carbocycles. The molecule has 3 aromatic heterocycles. The lowest BCUT2D eigenvalue weighted by atomic mass is 10.1. The highest BCUT2D eigenvalue weighted by molar-refractivity contribution is 5.77. The molecule has 14 heteroatoms. The predicted molar refractivity (Wildman–Crippen MR) is 162 cm³/mol. The number of anilines is 1. The first-order valence-electron chi connectivity index (χ1n) is 15.2. The largest absolute Gasteiger partial charge is 0.469 e. The Kier molecular flexibility index (Phi) is 7.34. The van der Waals surface area contributed by atoms with Gasteiger partial charge in [0.05, 0.1) is 30.9 Å². The van der Waals surface area contributed by atoms with Crippen molar-refractivity contribution in [3.8, 4) is 17.0 Å². The summed E-state index contributed by atoms with van der Waals surface area (Å²) in [5, 5.41) is 19.0. The predicted octanol–water partition coefficient (Wildman–Crippen LogP) is 2.62. The average molecular weight is 613 g/mol. The Morgan fingerprint density at radius 1 is 1.02 bits per heavy atom. The molecule has 0 atom stereocenters. The Labute approximate surface area is 260 Å². The maximum atomic E-state index is 13.2. The van der Waals surface area contributed by atoms with Gasteiger partial charge in [0, 0.05) is 43.2 Å². The summed E-state index contributed by atoms with van der Waals surface area (Å²) < 4.78 is 13.3. The molecule has 1 fully saturated rings. The number of fused-ring (bicyclic) bond motifs is 2. The SMILES string of the molecule is CC(C)(C)OC(=O)N1CC(Oc2nn(CC(=O)N3CCc4n[nH]nc4C3)cc2-c2cnc(NC3Cc4ccccc4C3)nc2)C1. The van der Waals surface area contributed by atoms with Crippen molar-refractivity contribution in [1.29, 1.82) is 0 Å². The highest BCUT2D eigenvalue weighted by Gasteiger charge is 2.36. The van der Waals surface area contributed by atoms with Gasteiger partial charge in [-0.2, -0.15) is 15.4 Å². The number of ether oxygens (including phenoxy) is 2. The average Bonchev–Trinajstić information content (AvgIpc) is 3.71. The zero-order chi connectivity index (χ0) is 31.1. The van der Waals surface area contributed by atoms with Crippen LogP contribution in [0.3, 0.4) is 0 Å². The molecule has 5 heterocycles. The van der Waals surface area contributed by atoms with E-state index in [9.17, 15) is 9.59 Å². The number of aromatic nitrogens is 7. The molecule has 2 N–H and O–H groups in total. The van der Waals surface area contributed by atoms with Gasteiger partial charge in [-0.25, -0.2) is 14.8 Å². The van der Waals surface area contributed by atoms with Gasteiger partial charge in [0.25, 0.3) is 0 Å². The van der Waals surface area contributed by atoms with Crippen LogP contribution in [0.25, 0.3) is 11.1 Å². The standard InChI is InChI=1S/C31H36N10O4/c1-31(2,3)45-30(43)40-14-23(15-40)44-28-24(16-41(37-28)18-27(42)39-9-8-25-26(17-39)36-38-35-25)21-12-32-29(33-13-21)34-22-10-19-6-4-5-7-20(19)11-22/h4-7,12-13,16,22-23H,8-11,14-15,17-18H2,1-3H3,(H,32,33,34)(H,35,36,38). The van der Waals surface area contributed by atoms with Crippen LogP contribution in [0, 0.1) is 0 Å². The molecule has 0 radical (unpaired) electrons. The fourth-order valence-corrected chi connectivity index (χ4v) is 5.85. The minimum atomic E-state index is -0.576. The van der Waals surface area contributed by atoms with E-state index in [0.29, 0.717) is 55.6 Å². The maximum absolute atomic E-state index is 13.2. The van der Waals surface area contributed by atoms with Gasteiger partial charge in [0.1, 0.15) is 23.9 Å². The molecule has 1 aromatic carbocycles. The lowest BCUT2D eigenvalue weighted by molar-refractivity contribution is -0.133. The summed E-state index contributed by atoms with van der Waals surface area (Å²) in [6, 6.07) is 8.69. The summed E-state index contributed by atoms with van der Waals surface area (Å²) in [6.45, 7) is 7.25. The molecule has 4 aromatic rings. The van der Waals surface area contributed by atoms with E-state index in [1.165, 1.54) is 11.1 Å². The van der Waals surface area contributed by atoms with E-state index in [1.807, 2.05) is 20.8 Å². The number of amides is 2. The molecular weight excluding hydrogens is 576 g/mol. The fraction of sp³-hybridized carbons (Fsp3) is 0.452. The van der Waals surface area contributed by atoms with E-state index in [1.54, 1.807) is 33.1 Å². The molecule has 2 amide bonds. The Bertz CT molecular complexity index is 1680. The summed E-state index contributed by atoms with van der Waals surface area (Å²) in [5.41, 5.74) is 5.17. The van der Waals surface area contributed by atoms with Crippen molar-refractivity contribution in [3.63, 3.8) is 0 Å². The van der Waals surface area contributed by atoms with Gasteiger partial charge in [-0.15, -0.1) is 5.10 Å². The van der Waals surface area contributed by atoms with Gasteiger partial charge in [-0.3, -0.25) is 9.48 Å². The smallest absolute Gasteiger partial charge is 0.410 e. The first kappa shape index (κ1) is 28.7. The van der Waals surface area contributed by atoms with Crippen LogP contribution in [0.2, 0.25) is 0 Å². The number of likely N-dealkylation sites (tertiary alicyclic amines) is 1. The van der Waals surface area contributed by atoms with Crippen molar-refractivity contribution in [2.24, 2.45) is 0 Å². The molecule has 0 unspecified atom stereocenters. The number of benzene rings is 1. The van der Waals surface area contributed by atoms with Crippen LogP contribution < -0.4 is 10.1 Å². The fourth-order valence-electron chi connectivity index (χ4n) is 5.85. The van der Waals surface area contributed by atoms with E-state index in [-0.39, 0.29) is 30.7 Å². The Hall–Kier alpha value is -5.01. The Morgan fingerprint density at radius 2 is 1.73 bits per heavy atom. The van der Waals surface area contributed by atoms with Gasteiger partial charge >= 0.3 is 6.09 Å². The summed E-state index contributed by atoms with van der Waals surface area (Å²) in [5.74, 6) is 0.813. The zero-order valence-electron chi connectivity index (χ0n) is 25.6. The molecule has 3 aliphatic rings. The molecule has 45 heavy (non-hydrogen) atoms. The minimum Gasteiger partial charge on any atom is -0.469 e. The van der Waals surface area contributed by atoms with E-state index < -0.39 is 5.60 Å². The maximum Gasteiger partial charge on any atom is 0.410 e. The van der Waals surface area contributed by atoms with Crippen LogP contribution in [0.1, 0.15) is 43.3 Å². The summed E-state index contributed by atoms with van der Waals surface area (Å²) in [7, 11) is 0. The number of hydrogen-bond donors (Lipinski definition) is 2. The van der Waals surface area contributed by atoms with Crippen molar-refractivity contribution < 1.29 is 19.1 Å². The zero-order valence-corrected chi connectivity index (χ0v) is 25.6. The minimum absolute atomic E-state index is 0.0288. The topological polar surface area (TPSA) is 156 Å². The van der Waals surface area contributed by atoms with Crippen LogP contribution >= 0.6 is 0 Å². The number of aromatic amines is 1. The first-order chi connectivity index (χ1) is 21.7. The number of carbonyl (C=O) groups excluding carboxylic acids is 2. The molecule has 0 bridgehead atoms. The van der Waals surface area contributed by atoms with Crippen molar-refractivity contribution >= 4 is 17.9 Å². The van der Waals surface area contributed by atoms with Crippen LogP contribution in [0.4, 0.5) is 10.7 Å². The van der Waals surface area contributed by atoms with Gasteiger partial charge < -0.3 is 24.6 Å². The van der Waals surface area contributed by atoms with Crippen molar-refractivity contribution in [1.82, 2.24) is 45.0 Å². The van der Waals surface area contributed by atoms with Crippen molar-refractivity contribution in [3.05, 3.63) is 65.4 Å². The second-order valence-electron chi connectivity index (χ2n) is 12.8. The van der Waals surface area contributed by atoms with Crippen LogP contribution in [-0.2, 0) is 41.9 Å². The lowest BCUT2D eigenvalue weighted by Crippen LogP contribution is -2.57. The van der Waals surface area contributed by atoms with E-state index in [0.717, 1.165) is 24.2 Å². The third-order valence-corrected chi connectivity index (χ3v) is 8.17. The number of nitrogens with zero attached hydrogens (tertiary/aromatic N) is 8. The Morgan fingerprint density at radius 3 is 2.44 bits per heavy atom. The number of H-pyrrole nitrogens is 1. The molecule has 14 nitrogen and oxygen atoms in total. The van der Waals surface area contributed by atoms with Crippen LogP contribution in [0.15, 0.2) is 42.9 Å². The van der Waals surface area contributed by atoms with E-state index in [4.69, 9.17) is 9.47 Å². The van der Waals surface area contributed by atoms with Gasteiger partial charge in [0.15, 0.2) is 0 Å². The molecule has 7 rings (SSSR count). The lowest BCUT2D eigenvalue weighted by Gasteiger charge is -2.39. The molecule has 1 saturated heterocycles. The third kappa shape index (κ3) is 6.30. The normalized spacial score (nSPS) is 16.6. The van der Waals surface area contributed by atoms with Gasteiger partial charge in [-0.05, 0) is 44.7 Å². The second-order valence-corrected chi connectivity index (χ2v) is 12.8. The number of carbonyl (C=O) groups is 2. The molecule has 2 aliphatic heterocycles. The number of rotatable bonds is 7. The highest BCUT2D eigenvalue weighted by Crippen LogP contribution is 2.31. The summed E-state index contributed by atoms with van der Waals surface area (Å²) in [6.07, 6.45) is 7.11.